The van der Waals surface area contributed by atoms with Gasteiger partial charge < -0.3 is 10.2 Å². The molecule has 0 aromatic carbocycles. The molecule has 1 spiro atoms. The molecule has 3 fully saturated rings. The van der Waals surface area contributed by atoms with E-state index in [0.29, 0.717) is 18.2 Å². The quantitative estimate of drug-likeness (QED) is 0.922. The molecule has 0 radical (unpaired) electrons. The SMILES string of the molecule is CCc1ccc(C(=O)N2CCC3(CC3C(=O)NC3CCC3)C2)cn1. The van der Waals surface area contributed by atoms with Crippen molar-refractivity contribution >= 4 is 11.8 Å². The first-order valence-corrected chi connectivity index (χ1v) is 9.16. The molecule has 2 amide bonds. The van der Waals surface area contributed by atoms with Gasteiger partial charge in [0.1, 0.15) is 0 Å². The number of hydrogen-bond acceptors (Lipinski definition) is 3. The summed E-state index contributed by atoms with van der Waals surface area (Å²) in [5.41, 5.74) is 1.69. The Balaban J connectivity index is 1.36. The van der Waals surface area contributed by atoms with Gasteiger partial charge in [-0.25, -0.2) is 0 Å². The summed E-state index contributed by atoms with van der Waals surface area (Å²) in [5.74, 6) is 0.367. The summed E-state index contributed by atoms with van der Waals surface area (Å²) in [4.78, 5) is 31.2. The lowest BCUT2D eigenvalue weighted by molar-refractivity contribution is -0.124. The van der Waals surface area contributed by atoms with Crippen LogP contribution in [0.25, 0.3) is 0 Å². The molecule has 2 saturated carbocycles. The molecule has 5 nitrogen and oxygen atoms in total. The normalized spacial score (nSPS) is 28.7. The monoisotopic (exact) mass is 327 g/mol. The number of amides is 2. The lowest BCUT2D eigenvalue weighted by Crippen LogP contribution is -2.41. The van der Waals surface area contributed by atoms with Crippen LogP contribution in [0.2, 0.25) is 0 Å². The lowest BCUT2D eigenvalue weighted by Gasteiger charge is -2.26. The second-order valence-electron chi connectivity index (χ2n) is 7.62. The summed E-state index contributed by atoms with van der Waals surface area (Å²) in [6, 6.07) is 4.19. The Morgan fingerprint density at radius 1 is 1.38 bits per heavy atom. The van der Waals surface area contributed by atoms with E-state index in [-0.39, 0.29) is 23.1 Å². The van der Waals surface area contributed by atoms with Crippen molar-refractivity contribution in [2.75, 3.05) is 13.1 Å². The third-order valence-electron chi connectivity index (χ3n) is 6.06. The number of aryl methyl sites for hydroxylation is 1. The maximum Gasteiger partial charge on any atom is 0.255 e. The lowest BCUT2D eigenvalue weighted by atomic mass is 9.92. The highest BCUT2D eigenvalue weighted by atomic mass is 16.2. The Morgan fingerprint density at radius 2 is 2.21 bits per heavy atom. The van der Waals surface area contributed by atoms with Crippen molar-refractivity contribution in [1.29, 1.82) is 0 Å². The van der Waals surface area contributed by atoms with Crippen molar-refractivity contribution < 1.29 is 9.59 Å². The van der Waals surface area contributed by atoms with Gasteiger partial charge in [-0.1, -0.05) is 6.92 Å². The number of nitrogens with one attached hydrogen (secondary N) is 1. The summed E-state index contributed by atoms with van der Waals surface area (Å²) < 4.78 is 0. The highest BCUT2D eigenvalue weighted by Crippen LogP contribution is 2.58. The summed E-state index contributed by atoms with van der Waals surface area (Å²) in [6.45, 7) is 3.52. The van der Waals surface area contributed by atoms with Crippen LogP contribution >= 0.6 is 0 Å². The minimum Gasteiger partial charge on any atom is -0.353 e. The summed E-state index contributed by atoms with van der Waals surface area (Å²) in [5, 5.41) is 3.17. The summed E-state index contributed by atoms with van der Waals surface area (Å²) >= 11 is 0. The first-order chi connectivity index (χ1) is 11.6. The maximum atomic E-state index is 12.7. The number of likely N-dealkylation sites (tertiary alicyclic amines) is 1. The van der Waals surface area contributed by atoms with Gasteiger partial charge in [-0.05, 0) is 50.7 Å². The van der Waals surface area contributed by atoms with Gasteiger partial charge in [-0.15, -0.1) is 0 Å². The molecule has 4 rings (SSSR count). The van der Waals surface area contributed by atoms with Crippen LogP contribution in [-0.2, 0) is 11.2 Å². The van der Waals surface area contributed by atoms with Gasteiger partial charge in [0.25, 0.3) is 5.91 Å². The van der Waals surface area contributed by atoms with Crippen LogP contribution in [0.1, 0.15) is 55.1 Å². The van der Waals surface area contributed by atoms with E-state index in [2.05, 4.69) is 17.2 Å². The molecular formula is C19H25N3O2. The molecule has 1 N–H and O–H groups in total. The second-order valence-corrected chi connectivity index (χ2v) is 7.62. The van der Waals surface area contributed by atoms with E-state index in [4.69, 9.17) is 0 Å². The van der Waals surface area contributed by atoms with E-state index < -0.39 is 0 Å². The number of carbonyl (C=O) groups is 2. The molecule has 0 bridgehead atoms. The first kappa shape index (κ1) is 15.6. The van der Waals surface area contributed by atoms with Gasteiger partial charge in [-0.3, -0.25) is 14.6 Å². The number of aromatic nitrogens is 1. The van der Waals surface area contributed by atoms with Crippen LogP contribution in [-0.4, -0.2) is 40.8 Å². The first-order valence-electron chi connectivity index (χ1n) is 9.16. The molecular weight excluding hydrogens is 302 g/mol. The fourth-order valence-corrected chi connectivity index (χ4v) is 4.04. The average molecular weight is 327 g/mol. The second kappa shape index (κ2) is 5.87. The van der Waals surface area contributed by atoms with Crippen molar-refractivity contribution in [3.63, 3.8) is 0 Å². The Kier molecular flexibility index (Phi) is 3.82. The zero-order valence-electron chi connectivity index (χ0n) is 14.3. The molecule has 1 aliphatic heterocycles. The van der Waals surface area contributed by atoms with Gasteiger partial charge in [0.05, 0.1) is 5.56 Å². The Labute approximate surface area is 142 Å². The van der Waals surface area contributed by atoms with E-state index in [9.17, 15) is 9.59 Å². The van der Waals surface area contributed by atoms with Crippen molar-refractivity contribution in [2.45, 2.75) is 51.5 Å². The van der Waals surface area contributed by atoms with Gasteiger partial charge in [-0.2, -0.15) is 0 Å². The molecule has 2 unspecified atom stereocenters. The molecule has 2 atom stereocenters. The van der Waals surface area contributed by atoms with Crippen LogP contribution in [0.4, 0.5) is 0 Å². The van der Waals surface area contributed by atoms with Crippen LogP contribution in [0, 0.1) is 11.3 Å². The Hall–Kier alpha value is -1.91. The third kappa shape index (κ3) is 2.70. The predicted octanol–water partition coefficient (Wildman–Crippen LogP) is 2.16. The van der Waals surface area contributed by atoms with E-state index >= 15 is 0 Å². The molecule has 1 saturated heterocycles. The zero-order chi connectivity index (χ0) is 16.7. The largest absolute Gasteiger partial charge is 0.353 e. The highest BCUT2D eigenvalue weighted by molar-refractivity contribution is 5.94. The molecule has 2 heterocycles. The van der Waals surface area contributed by atoms with Gasteiger partial charge in [0.2, 0.25) is 5.91 Å². The fraction of sp³-hybridized carbons (Fsp3) is 0.632. The Bertz CT molecular complexity index is 653. The number of rotatable bonds is 4. The van der Waals surface area contributed by atoms with Crippen LogP contribution in [0.15, 0.2) is 18.3 Å². The van der Waals surface area contributed by atoms with E-state index in [1.165, 1.54) is 6.42 Å². The van der Waals surface area contributed by atoms with E-state index in [1.807, 2.05) is 17.0 Å². The molecule has 128 valence electrons. The molecule has 3 aliphatic rings. The summed E-state index contributed by atoms with van der Waals surface area (Å²) in [6.07, 6.45) is 7.91. The van der Waals surface area contributed by atoms with Crippen LogP contribution < -0.4 is 5.32 Å². The average Bonchev–Trinajstić information content (AvgIpc) is 3.10. The minimum atomic E-state index is 0.0419. The zero-order valence-corrected chi connectivity index (χ0v) is 14.3. The molecule has 1 aromatic heterocycles. The number of carbonyl (C=O) groups excluding carboxylic acids is 2. The highest BCUT2D eigenvalue weighted by Gasteiger charge is 2.61. The number of pyridine rings is 1. The van der Waals surface area contributed by atoms with Crippen LogP contribution in [0.5, 0.6) is 0 Å². The minimum absolute atomic E-state index is 0.0419. The van der Waals surface area contributed by atoms with Crippen molar-refractivity contribution in [3.05, 3.63) is 29.6 Å². The predicted molar refractivity (Wildman–Crippen MR) is 90.5 cm³/mol. The molecule has 24 heavy (non-hydrogen) atoms. The van der Waals surface area contributed by atoms with Gasteiger partial charge in [0.15, 0.2) is 0 Å². The third-order valence-corrected chi connectivity index (χ3v) is 6.06. The van der Waals surface area contributed by atoms with E-state index in [0.717, 1.165) is 44.3 Å². The van der Waals surface area contributed by atoms with Gasteiger partial charge in [0, 0.05) is 42.4 Å². The maximum absolute atomic E-state index is 12.7. The fourth-order valence-electron chi connectivity index (χ4n) is 4.04. The number of hydrogen-bond donors (Lipinski definition) is 1. The smallest absolute Gasteiger partial charge is 0.255 e. The molecule has 1 aromatic rings. The Morgan fingerprint density at radius 3 is 2.83 bits per heavy atom. The van der Waals surface area contributed by atoms with Crippen molar-refractivity contribution in [3.8, 4) is 0 Å². The van der Waals surface area contributed by atoms with Crippen LogP contribution in [0.3, 0.4) is 0 Å². The standard InChI is InChI=1S/C19H25N3O2/c1-2-14-7-6-13(11-20-14)18(24)22-9-8-19(12-22)10-16(19)17(23)21-15-4-3-5-15/h6-7,11,15-16H,2-5,8-10,12H2,1H3,(H,21,23). The van der Waals surface area contributed by atoms with Crippen molar-refractivity contribution in [2.24, 2.45) is 11.3 Å². The van der Waals surface area contributed by atoms with E-state index in [1.54, 1.807) is 6.20 Å². The van der Waals surface area contributed by atoms with Gasteiger partial charge >= 0.3 is 0 Å². The molecule has 2 aliphatic carbocycles. The summed E-state index contributed by atoms with van der Waals surface area (Å²) in [7, 11) is 0. The topological polar surface area (TPSA) is 62.3 Å². The van der Waals surface area contributed by atoms with Crippen molar-refractivity contribution in [1.82, 2.24) is 15.2 Å². The number of nitrogens with zero attached hydrogens (tertiary/aromatic N) is 2. The molecule has 5 heteroatoms.